The summed E-state index contributed by atoms with van der Waals surface area (Å²) in [6.07, 6.45) is 3.16. The number of rotatable bonds is 3. The van der Waals surface area contributed by atoms with Crippen molar-refractivity contribution in [2.75, 3.05) is 16.8 Å². The number of anilines is 2. The largest absolute Gasteiger partial charge is 0.322 e. The van der Waals surface area contributed by atoms with E-state index in [-0.39, 0.29) is 11.8 Å². The first-order valence-electron chi connectivity index (χ1n) is 9.44. The lowest BCUT2D eigenvalue weighted by atomic mass is 10.1. The van der Waals surface area contributed by atoms with E-state index in [2.05, 4.69) is 22.1 Å². The molecule has 0 radical (unpaired) electrons. The highest BCUT2D eigenvalue weighted by Crippen LogP contribution is 2.22. The molecule has 0 bridgehead atoms. The summed E-state index contributed by atoms with van der Waals surface area (Å²) in [6, 6.07) is 20.1. The number of benzene rings is 2. The molecule has 5 nitrogen and oxygen atoms in total. The molecule has 1 N–H and O–H groups in total. The van der Waals surface area contributed by atoms with Crippen molar-refractivity contribution in [3.63, 3.8) is 0 Å². The zero-order chi connectivity index (χ0) is 20.1. The molecule has 0 aliphatic carbocycles. The second-order valence-electron chi connectivity index (χ2n) is 6.70. The van der Waals surface area contributed by atoms with Crippen LogP contribution >= 0.6 is 0 Å². The summed E-state index contributed by atoms with van der Waals surface area (Å²) in [5.41, 5.74) is 3.51. The van der Waals surface area contributed by atoms with Gasteiger partial charge >= 0.3 is 0 Å². The molecule has 1 saturated heterocycles. The van der Waals surface area contributed by atoms with Crippen molar-refractivity contribution in [1.82, 2.24) is 4.98 Å². The second kappa shape index (κ2) is 8.41. The number of aromatic nitrogens is 1. The number of nitrogens with zero attached hydrogens (tertiary/aromatic N) is 2. The quantitative estimate of drug-likeness (QED) is 0.701. The fraction of sp³-hybridized carbons (Fsp3) is 0.125. The number of nitrogens with one attached hydrogen (secondary N) is 1. The van der Waals surface area contributed by atoms with Crippen LogP contribution in [0.3, 0.4) is 0 Å². The van der Waals surface area contributed by atoms with Gasteiger partial charge in [0.2, 0.25) is 5.91 Å². The van der Waals surface area contributed by atoms with Crippen molar-refractivity contribution >= 4 is 23.2 Å². The number of carbonyl (C=O) groups excluding carboxylic acids is 2. The molecule has 5 heteroatoms. The van der Waals surface area contributed by atoms with Crippen LogP contribution in [0.1, 0.15) is 34.5 Å². The Morgan fingerprint density at radius 2 is 1.86 bits per heavy atom. The Hall–Kier alpha value is -3.91. The van der Waals surface area contributed by atoms with Crippen LogP contribution < -0.4 is 10.2 Å². The SMILES string of the molecule is O=C(Nc1cccc(C#Cc2ccccn2)c1)c1ccc(N2CCCC2=O)cc1. The normalized spacial score (nSPS) is 13.0. The number of carbonyl (C=O) groups is 2. The second-order valence-corrected chi connectivity index (χ2v) is 6.70. The van der Waals surface area contributed by atoms with Crippen molar-refractivity contribution in [2.45, 2.75) is 12.8 Å². The Morgan fingerprint density at radius 1 is 1.00 bits per heavy atom. The van der Waals surface area contributed by atoms with Gasteiger partial charge in [-0.1, -0.05) is 18.1 Å². The third-order valence-electron chi connectivity index (χ3n) is 4.63. The van der Waals surface area contributed by atoms with Gasteiger partial charge in [0, 0.05) is 41.7 Å². The Morgan fingerprint density at radius 3 is 2.59 bits per heavy atom. The van der Waals surface area contributed by atoms with Gasteiger partial charge in [0.05, 0.1) is 0 Å². The van der Waals surface area contributed by atoms with E-state index in [1.165, 1.54) is 0 Å². The van der Waals surface area contributed by atoms with Crippen LogP contribution in [0.5, 0.6) is 0 Å². The molecule has 1 aliphatic rings. The van der Waals surface area contributed by atoms with Gasteiger partial charge in [-0.05, 0) is 66.9 Å². The van der Waals surface area contributed by atoms with Crippen LogP contribution in [-0.4, -0.2) is 23.3 Å². The first-order valence-corrected chi connectivity index (χ1v) is 9.44. The van der Waals surface area contributed by atoms with Crippen molar-refractivity contribution < 1.29 is 9.59 Å². The van der Waals surface area contributed by atoms with E-state index in [1.807, 2.05) is 54.6 Å². The Labute approximate surface area is 169 Å². The zero-order valence-corrected chi connectivity index (χ0v) is 15.8. The summed E-state index contributed by atoms with van der Waals surface area (Å²) in [6.45, 7) is 0.733. The molecule has 2 heterocycles. The molecular weight excluding hydrogens is 362 g/mol. The lowest BCUT2D eigenvalue weighted by molar-refractivity contribution is -0.117. The molecule has 0 atom stereocenters. The topological polar surface area (TPSA) is 62.3 Å². The number of pyridine rings is 1. The third kappa shape index (κ3) is 4.50. The third-order valence-corrected chi connectivity index (χ3v) is 4.63. The van der Waals surface area contributed by atoms with Crippen LogP contribution in [0.15, 0.2) is 72.9 Å². The minimum atomic E-state index is -0.209. The van der Waals surface area contributed by atoms with E-state index >= 15 is 0 Å². The molecule has 4 rings (SSSR count). The molecule has 0 spiro atoms. The molecule has 3 aromatic rings. The van der Waals surface area contributed by atoms with Gasteiger partial charge < -0.3 is 10.2 Å². The maximum absolute atomic E-state index is 12.6. The van der Waals surface area contributed by atoms with E-state index in [0.717, 1.165) is 24.2 Å². The Balaban J connectivity index is 1.44. The van der Waals surface area contributed by atoms with Crippen molar-refractivity contribution in [3.05, 3.63) is 89.7 Å². The molecule has 1 fully saturated rings. The van der Waals surface area contributed by atoms with Gasteiger partial charge in [0.25, 0.3) is 5.91 Å². The lowest BCUT2D eigenvalue weighted by Gasteiger charge is -2.15. The molecule has 1 aromatic heterocycles. The van der Waals surface area contributed by atoms with Crippen molar-refractivity contribution in [2.24, 2.45) is 0 Å². The van der Waals surface area contributed by atoms with Gasteiger partial charge in [-0.15, -0.1) is 0 Å². The van der Waals surface area contributed by atoms with Gasteiger partial charge in [-0.25, -0.2) is 4.98 Å². The minimum absolute atomic E-state index is 0.130. The summed E-state index contributed by atoms with van der Waals surface area (Å²) >= 11 is 0. The molecule has 0 saturated carbocycles. The monoisotopic (exact) mass is 381 g/mol. The van der Waals surface area contributed by atoms with Crippen LogP contribution in [0, 0.1) is 11.8 Å². The van der Waals surface area contributed by atoms with Gasteiger partial charge in [-0.3, -0.25) is 9.59 Å². The van der Waals surface area contributed by atoms with Crippen molar-refractivity contribution in [3.8, 4) is 11.8 Å². The average Bonchev–Trinajstić information content (AvgIpc) is 3.19. The summed E-state index contributed by atoms with van der Waals surface area (Å²) < 4.78 is 0. The molecule has 2 aromatic carbocycles. The predicted molar refractivity (Wildman–Crippen MR) is 113 cm³/mol. The fourth-order valence-corrected chi connectivity index (χ4v) is 3.16. The summed E-state index contributed by atoms with van der Waals surface area (Å²) in [7, 11) is 0. The smallest absolute Gasteiger partial charge is 0.255 e. The van der Waals surface area contributed by atoms with E-state index in [4.69, 9.17) is 0 Å². The fourth-order valence-electron chi connectivity index (χ4n) is 3.16. The maximum Gasteiger partial charge on any atom is 0.255 e. The van der Waals surface area contributed by atoms with E-state index < -0.39 is 0 Å². The number of amides is 2. The molecule has 0 unspecified atom stereocenters. The molecule has 2 amide bonds. The van der Waals surface area contributed by atoms with Crippen LogP contribution in [0.2, 0.25) is 0 Å². The molecule has 142 valence electrons. The lowest BCUT2D eigenvalue weighted by Crippen LogP contribution is -2.23. The van der Waals surface area contributed by atoms with E-state index in [9.17, 15) is 9.59 Å². The maximum atomic E-state index is 12.6. The van der Waals surface area contributed by atoms with E-state index in [1.54, 1.807) is 23.2 Å². The van der Waals surface area contributed by atoms with Gasteiger partial charge in [0.15, 0.2) is 0 Å². The molecule has 1 aliphatic heterocycles. The van der Waals surface area contributed by atoms with Gasteiger partial charge in [-0.2, -0.15) is 0 Å². The summed E-state index contributed by atoms with van der Waals surface area (Å²) in [4.78, 5) is 30.3. The number of hydrogen-bond donors (Lipinski definition) is 1. The summed E-state index contributed by atoms with van der Waals surface area (Å²) in [5, 5.41) is 2.89. The van der Waals surface area contributed by atoms with Gasteiger partial charge in [0.1, 0.15) is 5.69 Å². The Kier molecular flexibility index (Phi) is 5.35. The first kappa shape index (κ1) is 18.5. The average molecular weight is 381 g/mol. The van der Waals surface area contributed by atoms with E-state index in [0.29, 0.717) is 23.4 Å². The Bertz CT molecular complexity index is 1100. The molecule has 29 heavy (non-hydrogen) atoms. The minimum Gasteiger partial charge on any atom is -0.322 e. The van der Waals surface area contributed by atoms with Crippen LogP contribution in [0.4, 0.5) is 11.4 Å². The number of hydrogen-bond acceptors (Lipinski definition) is 3. The standard InChI is InChI=1S/C24H19N3O2/c28-23-8-4-16-27(23)22-13-10-19(11-14-22)24(29)26-21-7-3-5-18(17-21)9-12-20-6-1-2-15-25-20/h1-3,5-7,10-11,13-15,17H,4,8,16H2,(H,26,29). The summed E-state index contributed by atoms with van der Waals surface area (Å²) in [5.74, 6) is 5.98. The highest BCUT2D eigenvalue weighted by molar-refractivity contribution is 6.05. The zero-order valence-electron chi connectivity index (χ0n) is 15.8. The first-order chi connectivity index (χ1) is 14.2. The van der Waals surface area contributed by atoms with Crippen LogP contribution in [-0.2, 0) is 4.79 Å². The molecular formula is C24H19N3O2. The van der Waals surface area contributed by atoms with Crippen LogP contribution in [0.25, 0.3) is 0 Å². The predicted octanol–water partition coefficient (Wildman–Crippen LogP) is 3.86. The highest BCUT2D eigenvalue weighted by Gasteiger charge is 2.21. The highest BCUT2D eigenvalue weighted by atomic mass is 16.2. The van der Waals surface area contributed by atoms with Crippen molar-refractivity contribution in [1.29, 1.82) is 0 Å².